The molecule has 0 spiro atoms. The quantitative estimate of drug-likeness (QED) is 0.803. The van der Waals surface area contributed by atoms with E-state index in [2.05, 4.69) is 15.4 Å². The summed E-state index contributed by atoms with van der Waals surface area (Å²) in [4.78, 5) is 16.4. The van der Waals surface area contributed by atoms with Crippen molar-refractivity contribution in [3.05, 3.63) is 36.2 Å². The van der Waals surface area contributed by atoms with Gasteiger partial charge in [0.25, 0.3) is 5.91 Å². The molecule has 7 heteroatoms. The number of anilines is 1. The number of nitrogens with zero attached hydrogens (tertiary/aromatic N) is 3. The second kappa shape index (κ2) is 4.93. The van der Waals surface area contributed by atoms with E-state index in [-0.39, 0.29) is 5.91 Å². The Hall–Kier alpha value is -2.41. The molecule has 6 nitrogen and oxygen atoms in total. The number of carbonyl (C=O) groups excluding carboxylic acids is 1. The normalized spacial score (nSPS) is 10.7. The summed E-state index contributed by atoms with van der Waals surface area (Å²) in [7, 11) is 3.34. The van der Waals surface area contributed by atoms with Gasteiger partial charge in [0.05, 0.1) is 17.3 Å². The van der Waals surface area contributed by atoms with E-state index in [1.807, 2.05) is 18.2 Å². The van der Waals surface area contributed by atoms with Gasteiger partial charge in [-0.3, -0.25) is 14.8 Å². The lowest BCUT2D eigenvalue weighted by Gasteiger charge is -2.00. The SMILES string of the molecule is COc1ccc2nc(NC(=O)c3ccnn3C)sc2c1. The Balaban J connectivity index is 1.88. The molecule has 0 saturated heterocycles. The monoisotopic (exact) mass is 288 g/mol. The number of hydrogen-bond donors (Lipinski definition) is 1. The molecule has 0 aliphatic heterocycles. The van der Waals surface area contributed by atoms with Crippen LogP contribution in [0.15, 0.2) is 30.5 Å². The van der Waals surface area contributed by atoms with E-state index in [1.54, 1.807) is 26.4 Å². The third-order valence-electron chi connectivity index (χ3n) is 2.87. The summed E-state index contributed by atoms with van der Waals surface area (Å²) in [5.74, 6) is 0.543. The summed E-state index contributed by atoms with van der Waals surface area (Å²) in [6.45, 7) is 0. The molecule has 20 heavy (non-hydrogen) atoms. The lowest BCUT2D eigenvalue weighted by Crippen LogP contribution is -2.15. The minimum absolute atomic E-state index is 0.226. The minimum atomic E-state index is -0.226. The number of nitrogens with one attached hydrogen (secondary N) is 1. The predicted octanol–water partition coefficient (Wildman–Crippen LogP) is 2.29. The van der Waals surface area contributed by atoms with Crippen LogP contribution in [-0.4, -0.2) is 27.8 Å². The summed E-state index contributed by atoms with van der Waals surface area (Å²) in [6, 6.07) is 7.26. The van der Waals surface area contributed by atoms with E-state index in [4.69, 9.17) is 4.74 Å². The smallest absolute Gasteiger partial charge is 0.275 e. The lowest BCUT2D eigenvalue weighted by atomic mass is 10.3. The Morgan fingerprint density at radius 2 is 2.25 bits per heavy atom. The summed E-state index contributed by atoms with van der Waals surface area (Å²) in [5.41, 5.74) is 1.32. The summed E-state index contributed by atoms with van der Waals surface area (Å²) >= 11 is 1.41. The van der Waals surface area contributed by atoms with Crippen LogP contribution in [0.25, 0.3) is 10.2 Å². The first-order chi connectivity index (χ1) is 9.67. The molecule has 0 fully saturated rings. The van der Waals surface area contributed by atoms with Crippen LogP contribution in [0.5, 0.6) is 5.75 Å². The van der Waals surface area contributed by atoms with Gasteiger partial charge >= 0.3 is 0 Å². The standard InChI is InChI=1S/C13H12N4O2S/c1-17-10(5-6-14-17)12(18)16-13-15-9-4-3-8(19-2)7-11(9)20-13/h3-7H,1-2H3,(H,15,16,18). The summed E-state index contributed by atoms with van der Waals surface area (Å²) in [6.07, 6.45) is 1.58. The third kappa shape index (κ3) is 2.23. The number of fused-ring (bicyclic) bond motifs is 1. The zero-order valence-corrected chi connectivity index (χ0v) is 11.8. The van der Waals surface area contributed by atoms with Crippen molar-refractivity contribution in [1.82, 2.24) is 14.8 Å². The molecular weight excluding hydrogens is 276 g/mol. The van der Waals surface area contributed by atoms with Gasteiger partial charge in [-0.2, -0.15) is 5.10 Å². The van der Waals surface area contributed by atoms with E-state index in [0.717, 1.165) is 16.0 Å². The zero-order chi connectivity index (χ0) is 14.1. The average molecular weight is 288 g/mol. The Bertz CT molecular complexity index is 778. The van der Waals surface area contributed by atoms with Crippen LogP contribution in [0.3, 0.4) is 0 Å². The second-order valence-electron chi connectivity index (χ2n) is 4.15. The number of aromatic nitrogens is 3. The lowest BCUT2D eigenvalue weighted by molar-refractivity contribution is 0.101. The van der Waals surface area contributed by atoms with Crippen LogP contribution >= 0.6 is 11.3 Å². The van der Waals surface area contributed by atoms with Crippen molar-refractivity contribution in [2.24, 2.45) is 7.05 Å². The molecule has 0 aliphatic carbocycles. The van der Waals surface area contributed by atoms with Crippen LogP contribution in [0.4, 0.5) is 5.13 Å². The molecule has 0 aliphatic rings. The van der Waals surface area contributed by atoms with Crippen molar-refractivity contribution >= 4 is 32.6 Å². The van der Waals surface area contributed by atoms with Gasteiger partial charge in [-0.25, -0.2) is 4.98 Å². The highest BCUT2D eigenvalue weighted by atomic mass is 32.1. The van der Waals surface area contributed by atoms with Gasteiger partial charge in [0, 0.05) is 13.2 Å². The first-order valence-electron chi connectivity index (χ1n) is 5.91. The number of aryl methyl sites for hydroxylation is 1. The molecule has 0 unspecified atom stereocenters. The molecule has 0 saturated carbocycles. The number of rotatable bonds is 3. The molecule has 0 bridgehead atoms. The number of carbonyl (C=O) groups is 1. The van der Waals surface area contributed by atoms with Gasteiger partial charge in [-0.05, 0) is 24.3 Å². The fourth-order valence-corrected chi connectivity index (χ4v) is 2.73. The fourth-order valence-electron chi connectivity index (χ4n) is 1.84. The van der Waals surface area contributed by atoms with E-state index in [9.17, 15) is 4.79 Å². The van der Waals surface area contributed by atoms with E-state index >= 15 is 0 Å². The van der Waals surface area contributed by atoms with Crippen LogP contribution in [0.2, 0.25) is 0 Å². The predicted molar refractivity (Wildman–Crippen MR) is 77.3 cm³/mol. The second-order valence-corrected chi connectivity index (χ2v) is 5.18. The third-order valence-corrected chi connectivity index (χ3v) is 3.80. The van der Waals surface area contributed by atoms with E-state index < -0.39 is 0 Å². The highest BCUT2D eigenvalue weighted by Gasteiger charge is 2.13. The van der Waals surface area contributed by atoms with Crippen molar-refractivity contribution in [3.8, 4) is 5.75 Å². The van der Waals surface area contributed by atoms with Gasteiger partial charge in [0.2, 0.25) is 0 Å². The van der Waals surface area contributed by atoms with E-state index in [0.29, 0.717) is 10.8 Å². The molecule has 102 valence electrons. The van der Waals surface area contributed by atoms with Gasteiger partial charge in [0.1, 0.15) is 11.4 Å². The molecule has 2 heterocycles. The molecular formula is C13H12N4O2S. The zero-order valence-electron chi connectivity index (χ0n) is 11.0. The molecule has 2 aromatic heterocycles. The molecule has 1 aromatic carbocycles. The number of methoxy groups -OCH3 is 1. The van der Waals surface area contributed by atoms with Gasteiger partial charge < -0.3 is 4.74 Å². The highest BCUT2D eigenvalue weighted by Crippen LogP contribution is 2.29. The largest absolute Gasteiger partial charge is 0.497 e. The fraction of sp³-hybridized carbons (Fsp3) is 0.154. The number of amides is 1. The Kier molecular flexibility index (Phi) is 3.11. The first-order valence-corrected chi connectivity index (χ1v) is 6.73. The van der Waals surface area contributed by atoms with E-state index in [1.165, 1.54) is 16.0 Å². The van der Waals surface area contributed by atoms with Crippen molar-refractivity contribution < 1.29 is 9.53 Å². The van der Waals surface area contributed by atoms with Crippen molar-refractivity contribution in [1.29, 1.82) is 0 Å². The van der Waals surface area contributed by atoms with Gasteiger partial charge in [0.15, 0.2) is 5.13 Å². The summed E-state index contributed by atoms with van der Waals surface area (Å²) < 4.78 is 7.65. The average Bonchev–Trinajstić information content (AvgIpc) is 3.03. The van der Waals surface area contributed by atoms with Crippen LogP contribution in [0.1, 0.15) is 10.5 Å². The van der Waals surface area contributed by atoms with Crippen LogP contribution < -0.4 is 10.1 Å². The van der Waals surface area contributed by atoms with Crippen LogP contribution in [0, 0.1) is 0 Å². The topological polar surface area (TPSA) is 69.0 Å². The highest BCUT2D eigenvalue weighted by molar-refractivity contribution is 7.22. The van der Waals surface area contributed by atoms with Crippen LogP contribution in [-0.2, 0) is 7.05 Å². The number of thiazole rings is 1. The first kappa shape index (κ1) is 12.6. The summed E-state index contributed by atoms with van der Waals surface area (Å²) in [5, 5.41) is 7.30. The molecule has 0 radical (unpaired) electrons. The number of ether oxygens (including phenoxy) is 1. The molecule has 1 amide bonds. The number of benzene rings is 1. The molecule has 3 aromatic rings. The minimum Gasteiger partial charge on any atom is -0.497 e. The maximum absolute atomic E-state index is 12.1. The van der Waals surface area contributed by atoms with Crippen molar-refractivity contribution in [3.63, 3.8) is 0 Å². The Labute approximate surface area is 119 Å². The Morgan fingerprint density at radius 3 is 2.95 bits per heavy atom. The molecule has 1 N–H and O–H groups in total. The maximum atomic E-state index is 12.1. The molecule has 3 rings (SSSR count). The number of hydrogen-bond acceptors (Lipinski definition) is 5. The maximum Gasteiger partial charge on any atom is 0.275 e. The van der Waals surface area contributed by atoms with Gasteiger partial charge in [-0.15, -0.1) is 0 Å². The van der Waals surface area contributed by atoms with Gasteiger partial charge in [-0.1, -0.05) is 11.3 Å². The Morgan fingerprint density at radius 1 is 1.40 bits per heavy atom. The molecule has 0 atom stereocenters. The van der Waals surface area contributed by atoms with Crippen molar-refractivity contribution in [2.75, 3.05) is 12.4 Å². The van der Waals surface area contributed by atoms with Crippen molar-refractivity contribution in [2.45, 2.75) is 0 Å².